The molecule has 184 valence electrons. The molecule has 1 fully saturated rings. The fraction of sp³-hybridized carbons (Fsp3) is 0.300. The maximum Gasteiger partial charge on any atom is 0.242 e. The lowest BCUT2D eigenvalue weighted by Gasteiger charge is -2.21. The molecule has 0 bridgehead atoms. The summed E-state index contributed by atoms with van der Waals surface area (Å²) < 4.78 is 1.96. The predicted molar refractivity (Wildman–Crippen MR) is 142 cm³/mol. The minimum atomic E-state index is -0.0695. The van der Waals surface area contributed by atoms with Crippen LogP contribution in [0.3, 0.4) is 0 Å². The number of benzene rings is 3. The van der Waals surface area contributed by atoms with Gasteiger partial charge in [0.1, 0.15) is 12.4 Å². The molecular formula is C30H32N4O2. The highest BCUT2D eigenvalue weighted by atomic mass is 16.2. The Bertz CT molecular complexity index is 1320. The molecule has 0 saturated carbocycles. The average molecular weight is 481 g/mol. The van der Waals surface area contributed by atoms with Gasteiger partial charge in [0.25, 0.3) is 0 Å². The van der Waals surface area contributed by atoms with Gasteiger partial charge in [0.05, 0.1) is 24.0 Å². The topological polar surface area (TPSA) is 67.2 Å². The van der Waals surface area contributed by atoms with E-state index in [1.165, 1.54) is 12.8 Å². The van der Waals surface area contributed by atoms with Crippen molar-refractivity contribution >= 4 is 22.8 Å². The molecule has 0 atom stereocenters. The Kier molecular flexibility index (Phi) is 7.41. The van der Waals surface area contributed by atoms with Crippen LogP contribution in [-0.4, -0.2) is 39.4 Å². The number of para-hydroxylation sites is 2. The zero-order valence-corrected chi connectivity index (χ0v) is 20.5. The van der Waals surface area contributed by atoms with Gasteiger partial charge in [0, 0.05) is 13.1 Å². The Labute approximate surface area is 212 Å². The van der Waals surface area contributed by atoms with Gasteiger partial charge in [0.15, 0.2) is 0 Å². The molecule has 4 aromatic rings. The van der Waals surface area contributed by atoms with Crippen LogP contribution in [0, 0.1) is 0 Å². The number of carbonyl (C=O) groups is 2. The minimum Gasteiger partial charge on any atom is -0.349 e. The summed E-state index contributed by atoms with van der Waals surface area (Å²) in [4.78, 5) is 32.6. The average Bonchev–Trinajstić information content (AvgIpc) is 3.06. The minimum absolute atomic E-state index is 0.0695. The van der Waals surface area contributed by atoms with Gasteiger partial charge in [0.2, 0.25) is 11.8 Å². The summed E-state index contributed by atoms with van der Waals surface area (Å²) >= 11 is 0. The normalized spacial score (nSPS) is 13.9. The molecule has 6 nitrogen and oxygen atoms in total. The fourth-order valence-electron chi connectivity index (χ4n) is 4.86. The number of rotatable bonds is 7. The van der Waals surface area contributed by atoms with Crippen LogP contribution in [0.2, 0.25) is 0 Å². The van der Waals surface area contributed by atoms with Crippen LogP contribution in [0.15, 0.2) is 78.9 Å². The first-order chi connectivity index (χ1) is 17.7. The second-order valence-electron chi connectivity index (χ2n) is 9.41. The number of hydrogen-bond acceptors (Lipinski definition) is 3. The Morgan fingerprint density at radius 1 is 0.778 bits per heavy atom. The molecule has 1 aromatic heterocycles. The van der Waals surface area contributed by atoms with Gasteiger partial charge in [-0.2, -0.15) is 0 Å². The number of carbonyl (C=O) groups excluding carboxylic acids is 2. The van der Waals surface area contributed by atoms with Crippen LogP contribution >= 0.6 is 0 Å². The molecule has 6 heteroatoms. The monoisotopic (exact) mass is 480 g/mol. The second kappa shape index (κ2) is 11.2. The zero-order valence-electron chi connectivity index (χ0n) is 20.5. The van der Waals surface area contributed by atoms with Crippen molar-refractivity contribution in [2.75, 3.05) is 13.1 Å². The van der Waals surface area contributed by atoms with Gasteiger partial charge >= 0.3 is 0 Å². The number of imidazole rings is 1. The molecule has 0 aliphatic carbocycles. The van der Waals surface area contributed by atoms with Crippen molar-refractivity contribution in [2.45, 2.75) is 45.2 Å². The smallest absolute Gasteiger partial charge is 0.242 e. The van der Waals surface area contributed by atoms with Crippen LogP contribution in [-0.2, 0) is 29.1 Å². The van der Waals surface area contributed by atoms with Crippen LogP contribution in [0.5, 0.6) is 0 Å². The lowest BCUT2D eigenvalue weighted by atomic mass is 10.0. The molecule has 1 saturated heterocycles. The Morgan fingerprint density at radius 3 is 2.19 bits per heavy atom. The highest BCUT2D eigenvalue weighted by molar-refractivity contribution is 5.82. The van der Waals surface area contributed by atoms with Crippen molar-refractivity contribution in [1.29, 1.82) is 0 Å². The first-order valence-electron chi connectivity index (χ1n) is 12.8. The van der Waals surface area contributed by atoms with E-state index >= 15 is 0 Å². The van der Waals surface area contributed by atoms with Crippen LogP contribution in [0.4, 0.5) is 0 Å². The van der Waals surface area contributed by atoms with Gasteiger partial charge in [-0.15, -0.1) is 0 Å². The molecule has 0 unspecified atom stereocenters. The number of nitrogens with one attached hydrogen (secondary N) is 1. The standard InChI is InChI=1S/C30H32N4O2/c35-29(20-23-14-16-25(17-15-23)24-10-4-3-5-11-24)31-21-28-32-26-12-6-7-13-27(26)34(28)22-30(36)33-18-8-1-2-9-19-33/h3-7,10-17H,1-2,8-9,18-22H2,(H,31,35). The van der Waals surface area contributed by atoms with E-state index in [0.717, 1.165) is 53.7 Å². The lowest BCUT2D eigenvalue weighted by Crippen LogP contribution is -2.35. The quantitative estimate of drug-likeness (QED) is 0.406. The van der Waals surface area contributed by atoms with Crippen molar-refractivity contribution in [3.63, 3.8) is 0 Å². The highest BCUT2D eigenvalue weighted by Gasteiger charge is 2.19. The maximum absolute atomic E-state index is 13.1. The third-order valence-corrected chi connectivity index (χ3v) is 6.86. The van der Waals surface area contributed by atoms with E-state index in [2.05, 4.69) is 17.4 Å². The lowest BCUT2D eigenvalue weighted by molar-refractivity contribution is -0.131. The summed E-state index contributed by atoms with van der Waals surface area (Å²) in [7, 11) is 0. The number of nitrogens with zero attached hydrogens (tertiary/aromatic N) is 3. The van der Waals surface area contributed by atoms with E-state index in [9.17, 15) is 9.59 Å². The van der Waals surface area contributed by atoms with Crippen molar-refractivity contribution in [3.05, 3.63) is 90.3 Å². The number of aromatic nitrogens is 2. The van der Waals surface area contributed by atoms with Gasteiger partial charge < -0.3 is 14.8 Å². The first-order valence-corrected chi connectivity index (χ1v) is 12.8. The van der Waals surface area contributed by atoms with E-state index in [1.54, 1.807) is 0 Å². The summed E-state index contributed by atoms with van der Waals surface area (Å²) in [5.74, 6) is 0.748. The predicted octanol–water partition coefficient (Wildman–Crippen LogP) is 4.96. The molecule has 1 aliphatic heterocycles. The van der Waals surface area contributed by atoms with E-state index < -0.39 is 0 Å². The van der Waals surface area contributed by atoms with Gasteiger partial charge in [-0.3, -0.25) is 9.59 Å². The summed E-state index contributed by atoms with van der Waals surface area (Å²) in [6.07, 6.45) is 4.79. The number of fused-ring (bicyclic) bond motifs is 1. The molecule has 0 radical (unpaired) electrons. The number of amides is 2. The Morgan fingerprint density at radius 2 is 1.44 bits per heavy atom. The van der Waals surface area contributed by atoms with E-state index in [4.69, 9.17) is 4.98 Å². The zero-order chi connectivity index (χ0) is 24.7. The largest absolute Gasteiger partial charge is 0.349 e. The summed E-state index contributed by atoms with van der Waals surface area (Å²) in [6, 6.07) is 26.1. The molecule has 1 N–H and O–H groups in total. The van der Waals surface area contributed by atoms with E-state index in [1.807, 2.05) is 76.2 Å². The Balaban J connectivity index is 1.25. The molecule has 5 rings (SSSR count). The summed E-state index contributed by atoms with van der Waals surface area (Å²) in [5.41, 5.74) is 4.99. The molecule has 2 heterocycles. The summed E-state index contributed by atoms with van der Waals surface area (Å²) in [6.45, 7) is 2.16. The SMILES string of the molecule is O=C(Cc1ccc(-c2ccccc2)cc1)NCc1nc2ccccc2n1CC(=O)N1CCCCCC1. The molecular weight excluding hydrogens is 448 g/mol. The Hall–Kier alpha value is -3.93. The van der Waals surface area contributed by atoms with Crippen molar-refractivity contribution in [2.24, 2.45) is 0 Å². The van der Waals surface area contributed by atoms with Crippen molar-refractivity contribution in [1.82, 2.24) is 19.8 Å². The van der Waals surface area contributed by atoms with Crippen molar-refractivity contribution < 1.29 is 9.59 Å². The van der Waals surface area contributed by atoms with E-state index in [0.29, 0.717) is 12.2 Å². The van der Waals surface area contributed by atoms with Gasteiger partial charge in [-0.1, -0.05) is 79.6 Å². The maximum atomic E-state index is 13.1. The summed E-state index contributed by atoms with van der Waals surface area (Å²) in [5, 5.41) is 3.01. The molecule has 2 amide bonds. The molecule has 3 aromatic carbocycles. The third-order valence-electron chi connectivity index (χ3n) is 6.86. The van der Waals surface area contributed by atoms with E-state index in [-0.39, 0.29) is 24.9 Å². The fourth-order valence-corrected chi connectivity index (χ4v) is 4.86. The molecule has 36 heavy (non-hydrogen) atoms. The van der Waals surface area contributed by atoms with Gasteiger partial charge in [-0.25, -0.2) is 4.98 Å². The first kappa shape index (κ1) is 23.8. The molecule has 1 aliphatic rings. The van der Waals surface area contributed by atoms with Crippen LogP contribution in [0.25, 0.3) is 22.2 Å². The molecule has 0 spiro atoms. The number of hydrogen-bond donors (Lipinski definition) is 1. The highest BCUT2D eigenvalue weighted by Crippen LogP contribution is 2.20. The van der Waals surface area contributed by atoms with Crippen LogP contribution in [0.1, 0.15) is 37.1 Å². The van der Waals surface area contributed by atoms with Gasteiger partial charge in [-0.05, 0) is 41.7 Å². The third kappa shape index (κ3) is 5.65. The van der Waals surface area contributed by atoms with Crippen molar-refractivity contribution in [3.8, 4) is 11.1 Å². The van der Waals surface area contributed by atoms with Crippen LogP contribution < -0.4 is 5.32 Å². The number of likely N-dealkylation sites (tertiary alicyclic amines) is 1. The second-order valence-corrected chi connectivity index (χ2v) is 9.41.